The van der Waals surface area contributed by atoms with Gasteiger partial charge in [0.25, 0.3) is 0 Å². The standard InChI is InChI=1S/C10H16N4O2/c11-8(15)5-12-6-9-13-10(14-16-9)7-3-1-2-4-7/h7,12H,1-6H2,(H2,11,15). The van der Waals surface area contributed by atoms with Crippen LogP contribution in [0.4, 0.5) is 0 Å². The van der Waals surface area contributed by atoms with Crippen LogP contribution in [-0.2, 0) is 11.3 Å². The number of nitrogens with two attached hydrogens (primary N) is 1. The van der Waals surface area contributed by atoms with Crippen LogP contribution in [0.1, 0.15) is 43.3 Å². The molecule has 1 fully saturated rings. The van der Waals surface area contributed by atoms with Gasteiger partial charge >= 0.3 is 0 Å². The molecule has 0 unspecified atom stereocenters. The van der Waals surface area contributed by atoms with Crippen molar-refractivity contribution in [3.8, 4) is 0 Å². The predicted molar refractivity (Wildman–Crippen MR) is 56.4 cm³/mol. The summed E-state index contributed by atoms with van der Waals surface area (Å²) in [5.41, 5.74) is 4.99. The van der Waals surface area contributed by atoms with Crippen molar-refractivity contribution in [3.05, 3.63) is 11.7 Å². The van der Waals surface area contributed by atoms with Gasteiger partial charge in [0.15, 0.2) is 5.82 Å². The van der Waals surface area contributed by atoms with E-state index >= 15 is 0 Å². The zero-order valence-electron chi connectivity index (χ0n) is 9.11. The number of hydrogen-bond donors (Lipinski definition) is 2. The average Bonchev–Trinajstić information content (AvgIpc) is 2.85. The third kappa shape index (κ3) is 2.79. The minimum atomic E-state index is -0.393. The highest BCUT2D eigenvalue weighted by atomic mass is 16.5. The van der Waals surface area contributed by atoms with Gasteiger partial charge in [-0.25, -0.2) is 0 Å². The van der Waals surface area contributed by atoms with Gasteiger partial charge in [-0.15, -0.1) is 0 Å². The number of rotatable bonds is 5. The first kappa shape index (κ1) is 11.1. The van der Waals surface area contributed by atoms with E-state index in [-0.39, 0.29) is 6.54 Å². The Hall–Kier alpha value is -1.43. The van der Waals surface area contributed by atoms with Gasteiger partial charge in [-0.05, 0) is 12.8 Å². The summed E-state index contributed by atoms with van der Waals surface area (Å²) in [6, 6.07) is 0. The van der Waals surface area contributed by atoms with Crippen LogP contribution in [0.2, 0.25) is 0 Å². The molecule has 0 spiro atoms. The van der Waals surface area contributed by atoms with Crippen LogP contribution >= 0.6 is 0 Å². The molecule has 0 radical (unpaired) electrons. The maximum atomic E-state index is 10.5. The van der Waals surface area contributed by atoms with Gasteiger partial charge in [0, 0.05) is 5.92 Å². The van der Waals surface area contributed by atoms with Crippen molar-refractivity contribution in [2.45, 2.75) is 38.1 Å². The summed E-state index contributed by atoms with van der Waals surface area (Å²) < 4.78 is 5.08. The Labute approximate surface area is 93.6 Å². The molecule has 3 N–H and O–H groups in total. The van der Waals surface area contributed by atoms with E-state index in [9.17, 15) is 4.79 Å². The molecule has 88 valence electrons. The molecular formula is C10H16N4O2. The molecule has 0 aliphatic heterocycles. The Morgan fingerprint density at radius 3 is 2.94 bits per heavy atom. The van der Waals surface area contributed by atoms with E-state index in [4.69, 9.17) is 10.3 Å². The molecule has 0 bridgehead atoms. The third-order valence-corrected chi connectivity index (χ3v) is 2.78. The van der Waals surface area contributed by atoms with Crippen molar-refractivity contribution in [1.29, 1.82) is 0 Å². The Morgan fingerprint density at radius 1 is 1.50 bits per heavy atom. The molecule has 0 aromatic carbocycles. The zero-order valence-corrected chi connectivity index (χ0v) is 9.11. The van der Waals surface area contributed by atoms with Crippen LogP contribution in [0.5, 0.6) is 0 Å². The normalized spacial score (nSPS) is 16.8. The van der Waals surface area contributed by atoms with Gasteiger partial charge in [-0.3, -0.25) is 10.1 Å². The van der Waals surface area contributed by atoms with Crippen molar-refractivity contribution in [3.63, 3.8) is 0 Å². The molecule has 0 saturated heterocycles. The molecule has 6 nitrogen and oxygen atoms in total. The highest BCUT2D eigenvalue weighted by Crippen LogP contribution is 2.32. The quantitative estimate of drug-likeness (QED) is 0.750. The zero-order chi connectivity index (χ0) is 11.4. The maximum Gasteiger partial charge on any atom is 0.240 e. The number of carbonyl (C=O) groups excluding carboxylic acids is 1. The van der Waals surface area contributed by atoms with E-state index in [0.717, 1.165) is 18.7 Å². The summed E-state index contributed by atoms with van der Waals surface area (Å²) in [5, 5.41) is 6.79. The SMILES string of the molecule is NC(=O)CNCc1nc(C2CCCC2)no1. The van der Waals surface area contributed by atoms with Crippen LogP contribution in [-0.4, -0.2) is 22.6 Å². The summed E-state index contributed by atoms with van der Waals surface area (Å²) in [6.45, 7) is 0.518. The molecule has 1 saturated carbocycles. The summed E-state index contributed by atoms with van der Waals surface area (Å²) in [7, 11) is 0. The number of carbonyl (C=O) groups is 1. The first-order valence-electron chi connectivity index (χ1n) is 5.57. The van der Waals surface area contributed by atoms with E-state index in [0.29, 0.717) is 18.4 Å². The number of hydrogen-bond acceptors (Lipinski definition) is 5. The fourth-order valence-electron chi connectivity index (χ4n) is 1.98. The Morgan fingerprint density at radius 2 is 2.25 bits per heavy atom. The number of nitrogens with zero attached hydrogens (tertiary/aromatic N) is 2. The van der Waals surface area contributed by atoms with Crippen LogP contribution in [0.25, 0.3) is 0 Å². The van der Waals surface area contributed by atoms with Crippen LogP contribution in [0.3, 0.4) is 0 Å². The number of primary amides is 1. The Kier molecular flexibility index (Phi) is 3.51. The molecule has 6 heteroatoms. The Balaban J connectivity index is 1.84. The van der Waals surface area contributed by atoms with E-state index in [1.165, 1.54) is 12.8 Å². The van der Waals surface area contributed by atoms with E-state index in [1.807, 2.05) is 0 Å². The second kappa shape index (κ2) is 5.07. The smallest absolute Gasteiger partial charge is 0.240 e. The fourth-order valence-corrected chi connectivity index (χ4v) is 1.98. The minimum Gasteiger partial charge on any atom is -0.369 e. The van der Waals surface area contributed by atoms with Crippen LogP contribution in [0.15, 0.2) is 4.52 Å². The van der Waals surface area contributed by atoms with Gasteiger partial charge in [0.2, 0.25) is 11.8 Å². The largest absolute Gasteiger partial charge is 0.369 e. The first-order valence-corrected chi connectivity index (χ1v) is 5.57. The topological polar surface area (TPSA) is 94.0 Å². The molecule has 16 heavy (non-hydrogen) atoms. The molecule has 1 aliphatic carbocycles. The highest BCUT2D eigenvalue weighted by Gasteiger charge is 2.22. The van der Waals surface area contributed by atoms with Crippen LogP contribution in [0, 0.1) is 0 Å². The maximum absolute atomic E-state index is 10.5. The van der Waals surface area contributed by atoms with Gasteiger partial charge in [0.05, 0.1) is 13.1 Å². The molecule has 1 aromatic rings. The van der Waals surface area contributed by atoms with Gasteiger partial charge < -0.3 is 10.3 Å². The fraction of sp³-hybridized carbons (Fsp3) is 0.700. The molecule has 2 rings (SSSR count). The van der Waals surface area contributed by atoms with Crippen molar-refractivity contribution < 1.29 is 9.32 Å². The summed E-state index contributed by atoms with van der Waals surface area (Å²) in [6.07, 6.45) is 4.78. The van der Waals surface area contributed by atoms with Gasteiger partial charge in [0.1, 0.15) is 0 Å². The van der Waals surface area contributed by atoms with Gasteiger partial charge in [-0.2, -0.15) is 4.98 Å². The monoisotopic (exact) mass is 224 g/mol. The summed E-state index contributed by atoms with van der Waals surface area (Å²) >= 11 is 0. The van der Waals surface area contributed by atoms with Crippen molar-refractivity contribution >= 4 is 5.91 Å². The molecule has 1 aliphatic rings. The van der Waals surface area contributed by atoms with Crippen molar-refractivity contribution in [1.82, 2.24) is 15.5 Å². The second-order valence-electron chi connectivity index (χ2n) is 4.10. The molecule has 0 atom stereocenters. The first-order chi connectivity index (χ1) is 7.75. The Bertz CT molecular complexity index is 357. The van der Waals surface area contributed by atoms with E-state index < -0.39 is 5.91 Å². The van der Waals surface area contributed by atoms with Crippen molar-refractivity contribution in [2.75, 3.05) is 6.54 Å². The molecule has 1 heterocycles. The second-order valence-corrected chi connectivity index (χ2v) is 4.10. The number of nitrogens with one attached hydrogen (secondary N) is 1. The predicted octanol–water partition coefficient (Wildman–Crippen LogP) is 0.302. The number of aromatic nitrogens is 2. The van der Waals surface area contributed by atoms with Gasteiger partial charge in [-0.1, -0.05) is 18.0 Å². The van der Waals surface area contributed by atoms with E-state index in [2.05, 4.69) is 15.5 Å². The number of amides is 1. The lowest BCUT2D eigenvalue weighted by Gasteiger charge is -1.99. The lowest BCUT2D eigenvalue weighted by Crippen LogP contribution is -2.28. The molecule has 1 aromatic heterocycles. The summed E-state index contributed by atoms with van der Waals surface area (Å²) in [5.74, 6) is 1.38. The van der Waals surface area contributed by atoms with Crippen LogP contribution < -0.4 is 11.1 Å². The minimum absolute atomic E-state index is 0.126. The lowest BCUT2D eigenvalue weighted by molar-refractivity contribution is -0.117. The van der Waals surface area contributed by atoms with Crippen molar-refractivity contribution in [2.24, 2.45) is 5.73 Å². The molecule has 1 amide bonds. The lowest BCUT2D eigenvalue weighted by atomic mass is 10.1. The third-order valence-electron chi connectivity index (χ3n) is 2.78. The average molecular weight is 224 g/mol. The highest BCUT2D eigenvalue weighted by molar-refractivity contribution is 5.75. The van der Waals surface area contributed by atoms with E-state index in [1.54, 1.807) is 0 Å². The molecular weight excluding hydrogens is 208 g/mol. The summed E-state index contributed by atoms with van der Waals surface area (Å²) in [4.78, 5) is 14.8.